The van der Waals surface area contributed by atoms with Crippen LogP contribution in [-0.2, 0) is 9.59 Å². The number of aromatic nitrogens is 1. The van der Waals surface area contributed by atoms with Gasteiger partial charge in [-0.05, 0) is 0 Å². The van der Waals surface area contributed by atoms with Crippen LogP contribution in [0.25, 0.3) is 0 Å². The molecule has 8 nitrogen and oxygen atoms in total. The molecule has 1 aliphatic rings. The fraction of sp³-hybridized carbons (Fsp3) is 0.200. The molecular weight excluding hydrogens is 240 g/mol. The Morgan fingerprint density at radius 1 is 1.39 bits per heavy atom. The van der Waals surface area contributed by atoms with Crippen LogP contribution in [0.3, 0.4) is 0 Å². The molecule has 0 saturated carbocycles. The first kappa shape index (κ1) is 12.0. The molecule has 0 aliphatic carbocycles. The number of aromatic carboxylic acids is 1. The highest BCUT2D eigenvalue weighted by Gasteiger charge is 2.31. The molecule has 2 amide bonds. The number of imide groups is 1. The van der Waals surface area contributed by atoms with Crippen LogP contribution in [0, 0.1) is 0 Å². The van der Waals surface area contributed by atoms with Crippen LogP contribution < -0.4 is 16.2 Å². The van der Waals surface area contributed by atoms with Crippen LogP contribution in [0.5, 0.6) is 0 Å². The van der Waals surface area contributed by atoms with Crippen molar-refractivity contribution in [3.63, 3.8) is 0 Å². The lowest BCUT2D eigenvalue weighted by molar-refractivity contribution is -0.121. The minimum Gasteiger partial charge on any atom is -0.478 e. The fourth-order valence-electron chi connectivity index (χ4n) is 1.69. The maximum absolute atomic E-state index is 11.5. The molecular formula is C10H10N4O4. The summed E-state index contributed by atoms with van der Waals surface area (Å²) in [5.41, 5.74) is 2.15. The summed E-state index contributed by atoms with van der Waals surface area (Å²) in [6.07, 6.45) is 1.31. The summed E-state index contributed by atoms with van der Waals surface area (Å²) in [5.74, 6) is 3.33. The molecule has 1 aromatic rings. The molecule has 1 aliphatic heterocycles. The zero-order valence-corrected chi connectivity index (χ0v) is 9.21. The third kappa shape index (κ3) is 1.89. The maximum Gasteiger partial charge on any atom is 0.339 e. The highest BCUT2D eigenvalue weighted by Crippen LogP contribution is 2.24. The highest BCUT2D eigenvalue weighted by molar-refractivity contribution is 6.19. The summed E-state index contributed by atoms with van der Waals surface area (Å²) < 4.78 is 0. The topological polar surface area (TPSA) is 126 Å². The first-order valence-electron chi connectivity index (χ1n) is 5.10. The molecule has 94 valence electrons. The van der Waals surface area contributed by atoms with E-state index >= 15 is 0 Å². The number of hydrogen-bond donors (Lipinski definition) is 3. The number of anilines is 2. The standard InChI is InChI=1S/C10H10N4O4/c11-13-6-3-7(12-4-5(6)10(17)18)14-8(15)1-2-9(14)16/h3-4H,1-2,11H2,(H,12,13)(H,17,18). The van der Waals surface area contributed by atoms with Crippen LogP contribution >= 0.6 is 0 Å². The number of carbonyl (C=O) groups is 3. The molecule has 0 spiro atoms. The largest absolute Gasteiger partial charge is 0.478 e. The second kappa shape index (κ2) is 4.41. The number of hydrogen-bond acceptors (Lipinski definition) is 6. The zero-order valence-electron chi connectivity index (χ0n) is 9.21. The summed E-state index contributed by atoms with van der Waals surface area (Å²) in [4.78, 5) is 38.6. The molecule has 2 heterocycles. The highest BCUT2D eigenvalue weighted by atomic mass is 16.4. The third-order valence-electron chi connectivity index (χ3n) is 2.56. The van der Waals surface area contributed by atoms with Crippen molar-refractivity contribution in [2.45, 2.75) is 12.8 Å². The predicted molar refractivity (Wildman–Crippen MR) is 60.7 cm³/mol. The number of rotatable bonds is 3. The zero-order chi connectivity index (χ0) is 13.3. The number of amides is 2. The first-order chi connectivity index (χ1) is 8.54. The summed E-state index contributed by atoms with van der Waals surface area (Å²) in [5, 5.41) is 8.87. The van der Waals surface area contributed by atoms with Crippen molar-refractivity contribution in [2.75, 3.05) is 10.3 Å². The van der Waals surface area contributed by atoms with Gasteiger partial charge in [-0.2, -0.15) is 0 Å². The number of pyridine rings is 1. The molecule has 0 radical (unpaired) electrons. The smallest absolute Gasteiger partial charge is 0.339 e. The Balaban J connectivity index is 2.44. The van der Waals surface area contributed by atoms with Crippen LogP contribution in [0.15, 0.2) is 12.3 Å². The van der Waals surface area contributed by atoms with E-state index < -0.39 is 5.97 Å². The van der Waals surface area contributed by atoms with E-state index in [1.165, 1.54) is 6.07 Å². The van der Waals surface area contributed by atoms with Gasteiger partial charge in [0.1, 0.15) is 11.4 Å². The number of nitrogen functional groups attached to an aromatic ring is 1. The number of carbonyl (C=O) groups excluding carboxylic acids is 2. The predicted octanol–water partition coefficient (Wildman–Crippen LogP) is -0.281. The average molecular weight is 250 g/mol. The van der Waals surface area contributed by atoms with Gasteiger partial charge in [-0.3, -0.25) is 15.4 Å². The van der Waals surface area contributed by atoms with E-state index in [0.717, 1.165) is 11.1 Å². The van der Waals surface area contributed by atoms with Crippen molar-refractivity contribution in [1.82, 2.24) is 4.98 Å². The molecule has 0 unspecified atom stereocenters. The van der Waals surface area contributed by atoms with Gasteiger partial charge in [0.2, 0.25) is 11.8 Å². The van der Waals surface area contributed by atoms with Gasteiger partial charge in [0.05, 0.1) is 5.69 Å². The molecule has 1 fully saturated rings. The van der Waals surface area contributed by atoms with Crippen LogP contribution in [-0.4, -0.2) is 27.9 Å². The molecule has 1 aromatic heterocycles. The number of carboxylic acid groups (broad SMARTS) is 1. The van der Waals surface area contributed by atoms with E-state index in [2.05, 4.69) is 10.4 Å². The SMILES string of the molecule is NNc1cc(N2C(=O)CCC2=O)ncc1C(=O)O. The van der Waals surface area contributed by atoms with Crippen LogP contribution in [0.4, 0.5) is 11.5 Å². The Kier molecular flexibility index (Phi) is 2.94. The van der Waals surface area contributed by atoms with Crippen molar-refractivity contribution in [3.8, 4) is 0 Å². The monoisotopic (exact) mass is 250 g/mol. The molecule has 0 atom stereocenters. The Hall–Kier alpha value is -2.48. The van der Waals surface area contributed by atoms with Crippen LogP contribution in [0.2, 0.25) is 0 Å². The van der Waals surface area contributed by atoms with Crippen molar-refractivity contribution in [2.24, 2.45) is 5.84 Å². The molecule has 18 heavy (non-hydrogen) atoms. The van der Waals surface area contributed by atoms with Crippen molar-refractivity contribution >= 4 is 29.3 Å². The summed E-state index contributed by atoms with van der Waals surface area (Å²) in [6, 6.07) is 1.25. The van der Waals surface area contributed by atoms with Gasteiger partial charge in [-0.25, -0.2) is 14.7 Å². The molecule has 1 saturated heterocycles. The minimum absolute atomic E-state index is 0.0699. The van der Waals surface area contributed by atoms with Gasteiger partial charge >= 0.3 is 5.97 Å². The Morgan fingerprint density at radius 2 is 2.00 bits per heavy atom. The van der Waals surface area contributed by atoms with Gasteiger partial charge in [0, 0.05) is 25.1 Å². The summed E-state index contributed by atoms with van der Waals surface area (Å²) in [7, 11) is 0. The van der Waals surface area contributed by atoms with Crippen LogP contribution in [0.1, 0.15) is 23.2 Å². The third-order valence-corrected chi connectivity index (χ3v) is 2.56. The van der Waals surface area contributed by atoms with Gasteiger partial charge in [0.25, 0.3) is 0 Å². The van der Waals surface area contributed by atoms with Gasteiger partial charge < -0.3 is 10.5 Å². The normalized spacial score (nSPS) is 15.1. The molecule has 4 N–H and O–H groups in total. The van der Waals surface area contributed by atoms with Gasteiger partial charge in [0.15, 0.2) is 0 Å². The second-order valence-corrected chi connectivity index (χ2v) is 3.66. The first-order valence-corrected chi connectivity index (χ1v) is 5.10. The van der Waals surface area contributed by atoms with Gasteiger partial charge in [-0.15, -0.1) is 0 Å². The number of hydrazine groups is 1. The lowest BCUT2D eigenvalue weighted by atomic mass is 10.2. The van der Waals surface area contributed by atoms with Crippen molar-refractivity contribution in [1.29, 1.82) is 0 Å². The maximum atomic E-state index is 11.5. The quantitative estimate of drug-likeness (QED) is 0.382. The Bertz CT molecular complexity index is 527. The summed E-state index contributed by atoms with van der Waals surface area (Å²) >= 11 is 0. The molecule has 0 bridgehead atoms. The van der Waals surface area contributed by atoms with E-state index in [-0.39, 0.29) is 41.7 Å². The average Bonchev–Trinajstić information content (AvgIpc) is 2.68. The minimum atomic E-state index is -1.21. The number of nitrogens with zero attached hydrogens (tertiary/aromatic N) is 2. The summed E-state index contributed by atoms with van der Waals surface area (Å²) in [6.45, 7) is 0. The lowest BCUT2D eigenvalue weighted by Gasteiger charge is -2.14. The van der Waals surface area contributed by atoms with Crippen molar-refractivity contribution < 1.29 is 19.5 Å². The number of nitrogens with two attached hydrogens (primary N) is 1. The molecule has 2 rings (SSSR count). The lowest BCUT2D eigenvalue weighted by Crippen LogP contribution is -2.29. The number of carboxylic acids is 1. The van der Waals surface area contributed by atoms with E-state index in [4.69, 9.17) is 10.9 Å². The van der Waals surface area contributed by atoms with E-state index in [1.807, 2.05) is 0 Å². The van der Waals surface area contributed by atoms with E-state index in [1.54, 1.807) is 0 Å². The molecule has 0 aromatic carbocycles. The molecule has 8 heteroatoms. The Labute approximate surface area is 101 Å². The Morgan fingerprint density at radius 3 is 2.50 bits per heavy atom. The van der Waals surface area contributed by atoms with E-state index in [9.17, 15) is 14.4 Å². The fourth-order valence-corrected chi connectivity index (χ4v) is 1.69. The van der Waals surface area contributed by atoms with Gasteiger partial charge in [-0.1, -0.05) is 0 Å². The second-order valence-electron chi connectivity index (χ2n) is 3.66. The van der Waals surface area contributed by atoms with Crippen molar-refractivity contribution in [3.05, 3.63) is 17.8 Å². The number of nitrogens with one attached hydrogen (secondary N) is 1. The van der Waals surface area contributed by atoms with E-state index in [0.29, 0.717) is 0 Å².